The molecule has 0 aliphatic heterocycles. The van der Waals surface area contributed by atoms with Gasteiger partial charge in [-0.05, 0) is 28.3 Å². The van der Waals surface area contributed by atoms with Gasteiger partial charge in [0.15, 0.2) is 0 Å². The number of fused-ring (bicyclic) bond motifs is 3. The van der Waals surface area contributed by atoms with E-state index in [2.05, 4.69) is 12.1 Å². The number of hydrogen-bond acceptors (Lipinski definition) is 2. The molecule has 4 heteroatoms. The van der Waals surface area contributed by atoms with Crippen molar-refractivity contribution in [3.8, 4) is 11.1 Å². The van der Waals surface area contributed by atoms with Crippen molar-refractivity contribution < 1.29 is 10.0 Å². The first-order valence-corrected chi connectivity index (χ1v) is 6.54. The molecule has 1 aliphatic carbocycles. The van der Waals surface area contributed by atoms with E-state index in [4.69, 9.17) is 11.6 Å². The molecule has 3 rings (SSSR count). The second kappa shape index (κ2) is 4.68. The molecule has 1 amide bonds. The molecule has 0 bridgehead atoms. The van der Waals surface area contributed by atoms with Gasteiger partial charge in [-0.2, -0.15) is 5.06 Å². The summed E-state index contributed by atoms with van der Waals surface area (Å²) >= 11 is 5.49. The Morgan fingerprint density at radius 2 is 1.89 bits per heavy atom. The number of benzene rings is 2. The van der Waals surface area contributed by atoms with Gasteiger partial charge in [0, 0.05) is 6.42 Å². The minimum Gasteiger partial charge on any atom is -0.281 e. The number of carbonyl (C=O) groups is 1. The maximum absolute atomic E-state index is 11.5. The minimum atomic E-state index is -0.522. The molecule has 1 aliphatic rings. The van der Waals surface area contributed by atoms with Crippen molar-refractivity contribution in [1.29, 1.82) is 0 Å². The fourth-order valence-corrected chi connectivity index (χ4v) is 2.64. The normalized spacial score (nSPS) is 11.9. The Morgan fingerprint density at radius 3 is 2.68 bits per heavy atom. The molecule has 19 heavy (non-hydrogen) atoms. The minimum absolute atomic E-state index is 0.243. The van der Waals surface area contributed by atoms with Crippen molar-refractivity contribution in [3.63, 3.8) is 0 Å². The van der Waals surface area contributed by atoms with Crippen molar-refractivity contribution >= 4 is 23.2 Å². The summed E-state index contributed by atoms with van der Waals surface area (Å²) in [7, 11) is 0. The average molecular weight is 274 g/mol. The van der Waals surface area contributed by atoms with Crippen molar-refractivity contribution in [1.82, 2.24) is 0 Å². The summed E-state index contributed by atoms with van der Waals surface area (Å²) in [6.07, 6.45) is 0.717. The van der Waals surface area contributed by atoms with E-state index in [1.165, 1.54) is 5.56 Å². The van der Waals surface area contributed by atoms with Gasteiger partial charge in [0.05, 0.1) is 5.69 Å². The van der Waals surface area contributed by atoms with Crippen LogP contribution in [-0.4, -0.2) is 17.0 Å². The Balaban J connectivity index is 2.11. The van der Waals surface area contributed by atoms with Gasteiger partial charge in [0.1, 0.15) is 5.88 Å². The number of nitrogens with zero attached hydrogens (tertiary/aromatic N) is 1. The van der Waals surface area contributed by atoms with E-state index in [0.29, 0.717) is 17.2 Å². The summed E-state index contributed by atoms with van der Waals surface area (Å²) in [6.45, 7) is 0. The highest BCUT2D eigenvalue weighted by Crippen LogP contribution is 2.40. The predicted octanol–water partition coefficient (Wildman–Crippen LogP) is 3.22. The van der Waals surface area contributed by atoms with Gasteiger partial charge in [0.2, 0.25) is 0 Å². The lowest BCUT2D eigenvalue weighted by atomic mass is 10.0. The number of rotatable bonds is 2. The first-order chi connectivity index (χ1) is 9.22. The smallest absolute Gasteiger partial charge is 0.265 e. The van der Waals surface area contributed by atoms with Crippen LogP contribution in [0.5, 0.6) is 0 Å². The van der Waals surface area contributed by atoms with Gasteiger partial charge in [0.25, 0.3) is 5.91 Å². The fraction of sp³-hybridized carbons (Fsp3) is 0.133. The van der Waals surface area contributed by atoms with Gasteiger partial charge in [-0.1, -0.05) is 36.4 Å². The fourth-order valence-electron chi connectivity index (χ4n) is 2.53. The molecule has 1 N–H and O–H groups in total. The molecule has 0 fully saturated rings. The molecule has 0 aromatic heterocycles. The molecular formula is C15H12ClNO2. The maximum Gasteiger partial charge on any atom is 0.265 e. The van der Waals surface area contributed by atoms with E-state index in [1.807, 2.05) is 24.3 Å². The number of anilines is 1. The number of carbonyl (C=O) groups excluding carboxylic acids is 1. The molecule has 0 spiro atoms. The highest BCUT2D eigenvalue weighted by molar-refractivity contribution is 6.29. The second-order valence-corrected chi connectivity index (χ2v) is 4.74. The number of amides is 1. The summed E-state index contributed by atoms with van der Waals surface area (Å²) in [4.78, 5) is 11.5. The molecule has 0 saturated heterocycles. The van der Waals surface area contributed by atoms with E-state index >= 15 is 0 Å². The maximum atomic E-state index is 11.5. The van der Waals surface area contributed by atoms with Crippen LogP contribution in [0.15, 0.2) is 42.5 Å². The third-order valence-corrected chi connectivity index (χ3v) is 3.63. The van der Waals surface area contributed by atoms with Gasteiger partial charge >= 0.3 is 0 Å². The van der Waals surface area contributed by atoms with Gasteiger partial charge in [-0.3, -0.25) is 10.0 Å². The molecule has 3 nitrogen and oxygen atoms in total. The Hall–Kier alpha value is -1.84. The number of hydrogen-bond donors (Lipinski definition) is 1. The highest BCUT2D eigenvalue weighted by atomic mass is 35.5. The molecular weight excluding hydrogens is 262 g/mol. The Morgan fingerprint density at radius 1 is 1.16 bits per heavy atom. The van der Waals surface area contributed by atoms with Crippen LogP contribution >= 0.6 is 11.6 Å². The zero-order valence-electron chi connectivity index (χ0n) is 10.1. The van der Waals surface area contributed by atoms with Crippen molar-refractivity contribution in [2.24, 2.45) is 0 Å². The molecule has 2 aromatic rings. The standard InChI is InChI=1S/C15H12ClNO2/c16-9-15(18)17(19)14-7-3-6-12-11-5-2-1-4-10(11)8-13(12)14/h1-7,19H,8-9H2. The van der Waals surface area contributed by atoms with E-state index < -0.39 is 5.91 Å². The highest BCUT2D eigenvalue weighted by Gasteiger charge is 2.24. The zero-order valence-corrected chi connectivity index (χ0v) is 10.9. The van der Waals surface area contributed by atoms with E-state index in [0.717, 1.165) is 16.7 Å². The number of halogens is 1. The molecule has 0 radical (unpaired) electrons. The first-order valence-electron chi connectivity index (χ1n) is 6.00. The van der Waals surface area contributed by atoms with Gasteiger partial charge < -0.3 is 0 Å². The molecule has 0 unspecified atom stereocenters. The SMILES string of the molecule is O=C(CCl)N(O)c1cccc2c1Cc1ccccc1-2. The van der Waals surface area contributed by atoms with Gasteiger partial charge in [-0.15, -0.1) is 11.6 Å². The van der Waals surface area contributed by atoms with Crippen LogP contribution in [0.2, 0.25) is 0 Å². The van der Waals surface area contributed by atoms with Crippen LogP contribution in [0.25, 0.3) is 11.1 Å². The van der Waals surface area contributed by atoms with Crippen LogP contribution in [0.4, 0.5) is 5.69 Å². The zero-order chi connectivity index (χ0) is 13.4. The lowest BCUT2D eigenvalue weighted by Gasteiger charge is -2.17. The van der Waals surface area contributed by atoms with Crippen molar-refractivity contribution in [2.75, 3.05) is 10.9 Å². The number of alkyl halides is 1. The average Bonchev–Trinajstić information content (AvgIpc) is 2.84. The van der Waals surface area contributed by atoms with Gasteiger partial charge in [-0.25, -0.2) is 0 Å². The van der Waals surface area contributed by atoms with Crippen LogP contribution < -0.4 is 5.06 Å². The summed E-state index contributed by atoms with van der Waals surface area (Å²) in [5, 5.41) is 10.6. The summed E-state index contributed by atoms with van der Waals surface area (Å²) in [5.41, 5.74) is 4.90. The largest absolute Gasteiger partial charge is 0.281 e. The Bertz CT molecular complexity index is 654. The monoisotopic (exact) mass is 273 g/mol. The topological polar surface area (TPSA) is 40.5 Å². The predicted molar refractivity (Wildman–Crippen MR) is 74.7 cm³/mol. The summed E-state index contributed by atoms with van der Waals surface area (Å²) in [6, 6.07) is 13.7. The van der Waals surface area contributed by atoms with Crippen LogP contribution in [0.3, 0.4) is 0 Å². The summed E-state index contributed by atoms with van der Waals surface area (Å²) in [5.74, 6) is -0.765. The van der Waals surface area contributed by atoms with Crippen LogP contribution in [0.1, 0.15) is 11.1 Å². The second-order valence-electron chi connectivity index (χ2n) is 4.48. The Kier molecular flexibility index (Phi) is 3.01. The van der Waals surface area contributed by atoms with Crippen LogP contribution in [-0.2, 0) is 11.2 Å². The van der Waals surface area contributed by atoms with E-state index in [9.17, 15) is 10.0 Å². The molecule has 0 saturated carbocycles. The quantitative estimate of drug-likeness (QED) is 0.442. The van der Waals surface area contributed by atoms with E-state index in [-0.39, 0.29) is 5.88 Å². The lowest BCUT2D eigenvalue weighted by molar-refractivity contribution is -0.121. The first kappa shape index (κ1) is 12.2. The van der Waals surface area contributed by atoms with Crippen molar-refractivity contribution in [2.45, 2.75) is 6.42 Å². The molecule has 96 valence electrons. The van der Waals surface area contributed by atoms with E-state index in [1.54, 1.807) is 6.07 Å². The Labute approximate surface area is 116 Å². The third kappa shape index (κ3) is 1.91. The molecule has 0 atom stereocenters. The van der Waals surface area contributed by atoms with Crippen LogP contribution in [0, 0.1) is 0 Å². The van der Waals surface area contributed by atoms with Crippen molar-refractivity contribution in [3.05, 3.63) is 53.6 Å². The lowest BCUT2D eigenvalue weighted by Crippen LogP contribution is -2.28. The molecule has 0 heterocycles. The summed E-state index contributed by atoms with van der Waals surface area (Å²) < 4.78 is 0. The third-order valence-electron chi connectivity index (χ3n) is 3.40. The molecule has 2 aromatic carbocycles. The number of hydroxylamine groups is 1.